The molecule has 0 aliphatic carbocycles. The van der Waals surface area contributed by atoms with Gasteiger partial charge < -0.3 is 35.0 Å². The zero-order valence-corrected chi connectivity index (χ0v) is 24.8. The summed E-state index contributed by atoms with van der Waals surface area (Å²) in [7, 11) is 1.71. The summed E-state index contributed by atoms with van der Waals surface area (Å²) in [5, 5.41) is 15.7. The molecule has 2 aromatic carbocycles. The molecule has 2 aliphatic rings. The Labute approximate surface area is 247 Å². The summed E-state index contributed by atoms with van der Waals surface area (Å²) in [6.45, 7) is 7.90. The predicted molar refractivity (Wildman–Crippen MR) is 161 cm³/mol. The molecule has 0 aromatic heterocycles. The van der Waals surface area contributed by atoms with E-state index in [9.17, 15) is 19.5 Å². The van der Waals surface area contributed by atoms with E-state index in [4.69, 9.17) is 9.47 Å². The van der Waals surface area contributed by atoms with Crippen LogP contribution in [0.3, 0.4) is 0 Å². The molecule has 42 heavy (non-hydrogen) atoms. The lowest BCUT2D eigenvalue weighted by molar-refractivity contribution is -0.134. The first-order valence-electron chi connectivity index (χ1n) is 14.6. The number of amides is 4. The van der Waals surface area contributed by atoms with E-state index in [1.807, 2.05) is 44.2 Å². The van der Waals surface area contributed by atoms with Gasteiger partial charge in [-0.15, -0.1) is 0 Å². The van der Waals surface area contributed by atoms with Crippen LogP contribution in [0.5, 0.6) is 5.75 Å². The Hall–Kier alpha value is -3.67. The molecule has 1 fully saturated rings. The Morgan fingerprint density at radius 2 is 1.83 bits per heavy atom. The van der Waals surface area contributed by atoms with E-state index in [1.54, 1.807) is 35.0 Å². The molecular weight excluding hydrogens is 538 g/mol. The van der Waals surface area contributed by atoms with Crippen molar-refractivity contribution in [2.24, 2.45) is 5.92 Å². The average molecular weight is 582 g/mol. The molecule has 228 valence electrons. The second-order valence-corrected chi connectivity index (χ2v) is 11.1. The Bertz CT molecular complexity index is 1210. The molecule has 0 radical (unpaired) electrons. The number of nitrogens with one attached hydrogen (secondary N) is 2. The maximum atomic E-state index is 13.5. The molecule has 0 spiro atoms. The topological polar surface area (TPSA) is 124 Å². The van der Waals surface area contributed by atoms with Gasteiger partial charge in [-0.05, 0) is 37.3 Å². The monoisotopic (exact) mass is 581 g/mol. The van der Waals surface area contributed by atoms with Gasteiger partial charge in [-0.2, -0.15) is 0 Å². The van der Waals surface area contributed by atoms with Crippen LogP contribution in [-0.2, 0) is 20.7 Å². The molecule has 0 saturated carbocycles. The number of carbonyl (C=O) groups excluding carboxylic acids is 3. The van der Waals surface area contributed by atoms with Gasteiger partial charge in [0.15, 0.2) is 0 Å². The third-order valence-corrected chi connectivity index (χ3v) is 7.78. The summed E-state index contributed by atoms with van der Waals surface area (Å²) in [6, 6.07) is 13.9. The van der Waals surface area contributed by atoms with E-state index in [1.165, 1.54) is 0 Å². The number of para-hydroxylation sites is 1. The predicted octanol–water partition coefficient (Wildman–Crippen LogP) is 2.66. The van der Waals surface area contributed by atoms with Crippen molar-refractivity contribution in [3.8, 4) is 5.75 Å². The summed E-state index contributed by atoms with van der Waals surface area (Å²) in [6.07, 6.45) is -0.0322. The number of hydrogen-bond donors (Lipinski definition) is 3. The van der Waals surface area contributed by atoms with Gasteiger partial charge in [-0.1, -0.05) is 25.1 Å². The summed E-state index contributed by atoms with van der Waals surface area (Å²) in [4.78, 5) is 44.6. The fraction of sp³-hybridized carbons (Fsp3) is 0.516. The number of nitrogens with zero attached hydrogens (tertiary/aromatic N) is 3. The highest BCUT2D eigenvalue weighted by Crippen LogP contribution is 2.29. The highest BCUT2D eigenvalue weighted by molar-refractivity contribution is 5.91. The van der Waals surface area contributed by atoms with Gasteiger partial charge in [0.2, 0.25) is 11.8 Å². The SMILES string of the molecule is C[C@@H]1CN([C@@H](C)CO)C(=O)Cc2cc(NC(=O)CCN3CCOCC3)ccc2O[C@H]1CN(C)C(=O)Nc1ccccc1. The fourth-order valence-corrected chi connectivity index (χ4v) is 5.13. The quantitative estimate of drug-likeness (QED) is 0.416. The number of likely N-dealkylation sites (N-methyl/N-ethyl adjacent to an activating group) is 1. The molecule has 4 rings (SSSR count). The van der Waals surface area contributed by atoms with Gasteiger partial charge in [-0.3, -0.25) is 14.5 Å². The molecule has 0 unspecified atom stereocenters. The molecule has 4 amide bonds. The Morgan fingerprint density at radius 3 is 2.55 bits per heavy atom. The highest BCUT2D eigenvalue weighted by Gasteiger charge is 2.32. The van der Waals surface area contributed by atoms with Crippen molar-refractivity contribution in [3.63, 3.8) is 0 Å². The van der Waals surface area contributed by atoms with E-state index in [-0.39, 0.29) is 49.4 Å². The summed E-state index contributed by atoms with van der Waals surface area (Å²) in [5.74, 6) is 0.132. The first-order chi connectivity index (χ1) is 20.2. The molecule has 2 heterocycles. The lowest BCUT2D eigenvalue weighted by Crippen LogP contribution is -2.48. The minimum atomic E-state index is -0.441. The summed E-state index contributed by atoms with van der Waals surface area (Å²) >= 11 is 0. The number of hydrogen-bond acceptors (Lipinski definition) is 7. The largest absolute Gasteiger partial charge is 0.488 e. The third-order valence-electron chi connectivity index (χ3n) is 7.78. The van der Waals surface area contributed by atoms with Crippen molar-refractivity contribution < 1.29 is 29.0 Å². The van der Waals surface area contributed by atoms with Crippen LogP contribution >= 0.6 is 0 Å². The molecule has 0 bridgehead atoms. The molecule has 1 saturated heterocycles. The number of benzene rings is 2. The summed E-state index contributed by atoms with van der Waals surface area (Å²) in [5.41, 5.74) is 1.91. The van der Waals surface area contributed by atoms with Gasteiger partial charge in [0, 0.05) is 62.5 Å². The smallest absolute Gasteiger partial charge is 0.321 e. The van der Waals surface area contributed by atoms with Crippen LogP contribution in [0.15, 0.2) is 48.5 Å². The number of anilines is 2. The lowest BCUT2D eigenvalue weighted by atomic mass is 10.0. The number of fused-ring (bicyclic) bond motifs is 1. The van der Waals surface area contributed by atoms with Gasteiger partial charge in [0.1, 0.15) is 11.9 Å². The van der Waals surface area contributed by atoms with Crippen molar-refractivity contribution in [2.75, 3.05) is 70.2 Å². The number of aliphatic hydroxyl groups is 1. The second-order valence-electron chi connectivity index (χ2n) is 11.1. The number of ether oxygens (including phenoxy) is 2. The van der Waals surface area contributed by atoms with Crippen LogP contribution in [-0.4, -0.2) is 109 Å². The molecular formula is C31H43N5O6. The number of rotatable bonds is 9. The van der Waals surface area contributed by atoms with Gasteiger partial charge in [-0.25, -0.2) is 4.79 Å². The zero-order valence-electron chi connectivity index (χ0n) is 24.8. The third kappa shape index (κ3) is 8.67. The first-order valence-corrected chi connectivity index (χ1v) is 14.6. The zero-order chi connectivity index (χ0) is 30.1. The first kappa shape index (κ1) is 31.3. The molecule has 11 heteroatoms. The van der Waals surface area contributed by atoms with E-state index in [0.29, 0.717) is 55.4 Å². The second kappa shape index (κ2) is 15.0. The number of aliphatic hydroxyl groups excluding tert-OH is 1. The van der Waals surface area contributed by atoms with E-state index in [2.05, 4.69) is 15.5 Å². The Balaban J connectivity index is 1.50. The fourth-order valence-electron chi connectivity index (χ4n) is 5.13. The number of morpholine rings is 1. The highest BCUT2D eigenvalue weighted by atomic mass is 16.5. The van der Waals surface area contributed by atoms with Crippen LogP contribution in [0.25, 0.3) is 0 Å². The van der Waals surface area contributed by atoms with Crippen molar-refractivity contribution in [1.82, 2.24) is 14.7 Å². The van der Waals surface area contributed by atoms with Crippen LogP contribution in [0.4, 0.5) is 16.2 Å². The molecule has 3 atom stereocenters. The Kier molecular flexibility index (Phi) is 11.2. The molecule has 3 N–H and O–H groups in total. The van der Waals surface area contributed by atoms with E-state index in [0.717, 1.165) is 13.1 Å². The average Bonchev–Trinajstić information content (AvgIpc) is 3.04. The molecule has 11 nitrogen and oxygen atoms in total. The normalized spacial score (nSPS) is 20.3. The van der Waals surface area contributed by atoms with Gasteiger partial charge in [0.25, 0.3) is 0 Å². The number of urea groups is 1. The minimum Gasteiger partial charge on any atom is -0.488 e. The van der Waals surface area contributed by atoms with Gasteiger partial charge >= 0.3 is 6.03 Å². The van der Waals surface area contributed by atoms with E-state index < -0.39 is 6.10 Å². The maximum absolute atomic E-state index is 13.5. The minimum absolute atomic E-state index is 0.0565. The number of carbonyl (C=O) groups is 3. The van der Waals surface area contributed by atoms with Crippen molar-refractivity contribution in [3.05, 3.63) is 54.1 Å². The van der Waals surface area contributed by atoms with Crippen LogP contribution < -0.4 is 15.4 Å². The standard InChI is InChI=1S/C31H43N5O6/c1-22-19-36(23(2)21-37)30(39)18-24-17-26(32-29(38)11-12-35-13-15-41-16-14-35)9-10-27(24)42-28(22)20-34(3)31(40)33-25-7-5-4-6-8-25/h4-10,17,22-23,28,37H,11-16,18-21H2,1-3H3,(H,32,38)(H,33,40)/t22-,23+,28+/m1/s1. The lowest BCUT2D eigenvalue weighted by Gasteiger charge is -2.34. The van der Waals surface area contributed by atoms with Crippen molar-refractivity contribution >= 4 is 29.2 Å². The van der Waals surface area contributed by atoms with Crippen molar-refractivity contribution in [2.45, 2.75) is 38.8 Å². The summed E-state index contributed by atoms with van der Waals surface area (Å²) < 4.78 is 11.9. The van der Waals surface area contributed by atoms with E-state index >= 15 is 0 Å². The van der Waals surface area contributed by atoms with Gasteiger partial charge in [0.05, 0.1) is 38.8 Å². The maximum Gasteiger partial charge on any atom is 0.321 e. The van der Waals surface area contributed by atoms with Crippen LogP contribution in [0.1, 0.15) is 25.8 Å². The van der Waals surface area contributed by atoms with Crippen molar-refractivity contribution in [1.29, 1.82) is 0 Å². The molecule has 2 aliphatic heterocycles. The Morgan fingerprint density at radius 1 is 1.10 bits per heavy atom. The van der Waals surface area contributed by atoms with Crippen LogP contribution in [0, 0.1) is 5.92 Å². The molecule has 2 aromatic rings. The van der Waals surface area contributed by atoms with Crippen LogP contribution in [0.2, 0.25) is 0 Å².